The average molecular weight is 188 g/mol. The summed E-state index contributed by atoms with van der Waals surface area (Å²) >= 11 is 0. The van der Waals surface area contributed by atoms with Crippen LogP contribution in [0.25, 0.3) is 0 Å². The number of nitrogens with two attached hydrogens (primary N) is 1. The molecule has 0 aliphatic heterocycles. The summed E-state index contributed by atoms with van der Waals surface area (Å²) < 4.78 is 0. The summed E-state index contributed by atoms with van der Waals surface area (Å²) in [6.07, 6.45) is 3.64. The van der Waals surface area contributed by atoms with E-state index in [4.69, 9.17) is 5.73 Å². The standard InChI is InChI=1S/C12H16N2/c1-12(2,3)11-7-10(5-4-6-13)8-14-9-11/h7-9H,6,13H2,1-3H3. The van der Waals surface area contributed by atoms with Gasteiger partial charge in [0.1, 0.15) is 0 Å². The number of aromatic nitrogens is 1. The van der Waals surface area contributed by atoms with Crippen LogP contribution in [-0.2, 0) is 5.41 Å². The Labute approximate surface area is 85.5 Å². The molecular weight excluding hydrogens is 172 g/mol. The first-order valence-corrected chi connectivity index (χ1v) is 4.68. The van der Waals surface area contributed by atoms with Crippen molar-refractivity contribution in [2.75, 3.05) is 6.54 Å². The number of pyridine rings is 1. The second-order valence-corrected chi connectivity index (χ2v) is 4.22. The lowest BCUT2D eigenvalue weighted by atomic mass is 9.88. The fraction of sp³-hybridized carbons (Fsp3) is 0.417. The highest BCUT2D eigenvalue weighted by Gasteiger charge is 2.13. The summed E-state index contributed by atoms with van der Waals surface area (Å²) in [6, 6.07) is 2.07. The maximum absolute atomic E-state index is 5.31. The Balaban J connectivity index is 3.02. The van der Waals surface area contributed by atoms with Crippen molar-refractivity contribution in [1.82, 2.24) is 4.98 Å². The van der Waals surface area contributed by atoms with Crippen LogP contribution in [0.15, 0.2) is 18.5 Å². The van der Waals surface area contributed by atoms with E-state index in [0.717, 1.165) is 5.56 Å². The highest BCUT2D eigenvalue weighted by Crippen LogP contribution is 2.21. The Hall–Kier alpha value is -1.33. The van der Waals surface area contributed by atoms with Crippen LogP contribution in [0.5, 0.6) is 0 Å². The van der Waals surface area contributed by atoms with Gasteiger partial charge in [0.2, 0.25) is 0 Å². The molecule has 2 N–H and O–H groups in total. The molecule has 2 nitrogen and oxygen atoms in total. The lowest BCUT2D eigenvalue weighted by Crippen LogP contribution is -2.11. The molecule has 2 heteroatoms. The lowest BCUT2D eigenvalue weighted by Gasteiger charge is -2.18. The van der Waals surface area contributed by atoms with Gasteiger partial charge in [-0.05, 0) is 17.0 Å². The van der Waals surface area contributed by atoms with E-state index in [0.29, 0.717) is 6.54 Å². The molecule has 0 saturated heterocycles. The van der Waals surface area contributed by atoms with E-state index in [-0.39, 0.29) is 5.41 Å². The third-order valence-corrected chi connectivity index (χ3v) is 1.94. The van der Waals surface area contributed by atoms with Crippen LogP contribution in [-0.4, -0.2) is 11.5 Å². The molecule has 74 valence electrons. The number of hydrogen-bond donors (Lipinski definition) is 1. The van der Waals surface area contributed by atoms with Crippen molar-refractivity contribution in [3.63, 3.8) is 0 Å². The molecule has 0 aromatic carbocycles. The van der Waals surface area contributed by atoms with E-state index in [2.05, 4.69) is 43.7 Å². The van der Waals surface area contributed by atoms with Gasteiger partial charge < -0.3 is 5.73 Å². The fourth-order valence-corrected chi connectivity index (χ4v) is 1.07. The molecule has 0 unspecified atom stereocenters. The summed E-state index contributed by atoms with van der Waals surface area (Å²) in [5.74, 6) is 5.80. The minimum Gasteiger partial charge on any atom is -0.320 e. The second-order valence-electron chi connectivity index (χ2n) is 4.22. The van der Waals surface area contributed by atoms with Crippen LogP contribution in [0.1, 0.15) is 31.9 Å². The van der Waals surface area contributed by atoms with Crippen molar-refractivity contribution < 1.29 is 0 Å². The Morgan fingerprint density at radius 3 is 2.64 bits per heavy atom. The Morgan fingerprint density at radius 2 is 2.07 bits per heavy atom. The van der Waals surface area contributed by atoms with Gasteiger partial charge in [0, 0.05) is 18.0 Å². The zero-order chi connectivity index (χ0) is 10.6. The summed E-state index contributed by atoms with van der Waals surface area (Å²) in [4.78, 5) is 4.16. The Bertz CT molecular complexity index is 364. The smallest absolute Gasteiger partial charge is 0.0555 e. The fourth-order valence-electron chi connectivity index (χ4n) is 1.07. The van der Waals surface area contributed by atoms with Crippen LogP contribution in [0.4, 0.5) is 0 Å². The highest BCUT2D eigenvalue weighted by molar-refractivity contribution is 5.36. The van der Waals surface area contributed by atoms with Gasteiger partial charge in [-0.2, -0.15) is 0 Å². The van der Waals surface area contributed by atoms with Gasteiger partial charge in [-0.1, -0.05) is 32.6 Å². The molecule has 0 fully saturated rings. The van der Waals surface area contributed by atoms with Crippen molar-refractivity contribution in [3.05, 3.63) is 29.6 Å². The van der Waals surface area contributed by atoms with E-state index in [1.807, 2.05) is 6.20 Å². The second kappa shape index (κ2) is 4.26. The number of nitrogens with zero attached hydrogens (tertiary/aromatic N) is 1. The summed E-state index contributed by atoms with van der Waals surface area (Å²) in [6.45, 7) is 6.86. The topological polar surface area (TPSA) is 38.9 Å². The first-order valence-electron chi connectivity index (χ1n) is 4.68. The maximum Gasteiger partial charge on any atom is 0.0555 e. The number of rotatable bonds is 0. The minimum atomic E-state index is 0.118. The molecule has 0 amide bonds. The molecule has 1 heterocycles. The van der Waals surface area contributed by atoms with Gasteiger partial charge in [0.15, 0.2) is 0 Å². The van der Waals surface area contributed by atoms with E-state index in [1.54, 1.807) is 6.20 Å². The van der Waals surface area contributed by atoms with Gasteiger partial charge in [0.25, 0.3) is 0 Å². The van der Waals surface area contributed by atoms with Gasteiger partial charge in [0.05, 0.1) is 6.54 Å². The molecule has 1 aromatic rings. The van der Waals surface area contributed by atoms with Crippen LogP contribution in [0.3, 0.4) is 0 Å². The SMILES string of the molecule is CC(C)(C)c1cncc(C#CCN)c1. The van der Waals surface area contributed by atoms with Crippen LogP contribution < -0.4 is 5.73 Å². The first-order chi connectivity index (χ1) is 6.54. The Morgan fingerprint density at radius 1 is 1.36 bits per heavy atom. The molecule has 0 saturated carbocycles. The molecule has 0 bridgehead atoms. The van der Waals surface area contributed by atoms with E-state index in [1.165, 1.54) is 5.56 Å². The van der Waals surface area contributed by atoms with Crippen molar-refractivity contribution in [2.45, 2.75) is 26.2 Å². The third kappa shape index (κ3) is 2.86. The zero-order valence-electron chi connectivity index (χ0n) is 8.96. The largest absolute Gasteiger partial charge is 0.320 e. The molecule has 0 aliphatic rings. The van der Waals surface area contributed by atoms with Gasteiger partial charge in [-0.3, -0.25) is 4.98 Å². The predicted molar refractivity (Wildman–Crippen MR) is 58.9 cm³/mol. The summed E-state index contributed by atoms with van der Waals surface area (Å²) in [7, 11) is 0. The van der Waals surface area contributed by atoms with Gasteiger partial charge in [-0.25, -0.2) is 0 Å². The molecule has 1 rings (SSSR count). The highest BCUT2D eigenvalue weighted by atomic mass is 14.6. The van der Waals surface area contributed by atoms with Crippen molar-refractivity contribution in [2.24, 2.45) is 5.73 Å². The van der Waals surface area contributed by atoms with Gasteiger partial charge >= 0.3 is 0 Å². The minimum absolute atomic E-state index is 0.118. The molecule has 0 radical (unpaired) electrons. The zero-order valence-corrected chi connectivity index (χ0v) is 8.96. The maximum atomic E-state index is 5.31. The Kier molecular flexibility index (Phi) is 3.27. The summed E-state index contributed by atoms with van der Waals surface area (Å²) in [5.41, 5.74) is 7.55. The van der Waals surface area contributed by atoms with Crippen LogP contribution >= 0.6 is 0 Å². The van der Waals surface area contributed by atoms with E-state index >= 15 is 0 Å². The molecular formula is C12H16N2. The molecule has 1 aromatic heterocycles. The predicted octanol–water partition coefficient (Wildman–Crippen LogP) is 1.69. The monoisotopic (exact) mass is 188 g/mol. The number of hydrogen-bond acceptors (Lipinski definition) is 2. The quantitative estimate of drug-likeness (QED) is 0.629. The molecule has 0 aliphatic carbocycles. The van der Waals surface area contributed by atoms with E-state index < -0.39 is 0 Å². The van der Waals surface area contributed by atoms with Crippen LogP contribution in [0.2, 0.25) is 0 Å². The first kappa shape index (κ1) is 10.7. The van der Waals surface area contributed by atoms with Crippen molar-refractivity contribution >= 4 is 0 Å². The van der Waals surface area contributed by atoms with Gasteiger partial charge in [-0.15, -0.1) is 0 Å². The summed E-state index contributed by atoms with van der Waals surface area (Å²) in [5, 5.41) is 0. The molecule has 0 atom stereocenters. The van der Waals surface area contributed by atoms with Crippen molar-refractivity contribution in [1.29, 1.82) is 0 Å². The molecule has 0 spiro atoms. The van der Waals surface area contributed by atoms with Crippen molar-refractivity contribution in [3.8, 4) is 11.8 Å². The van der Waals surface area contributed by atoms with Crippen LogP contribution in [0, 0.1) is 11.8 Å². The lowest BCUT2D eigenvalue weighted by molar-refractivity contribution is 0.587. The normalized spacial score (nSPS) is 10.6. The third-order valence-electron chi connectivity index (χ3n) is 1.94. The average Bonchev–Trinajstić information content (AvgIpc) is 2.14. The molecule has 14 heavy (non-hydrogen) atoms. The van der Waals surface area contributed by atoms with E-state index in [9.17, 15) is 0 Å².